The summed E-state index contributed by atoms with van der Waals surface area (Å²) in [4.78, 5) is 20.6. The largest absolute Gasteiger partial charge is 0.534 e. The molecule has 0 spiro atoms. The van der Waals surface area contributed by atoms with Crippen LogP contribution in [0.2, 0.25) is 0 Å². The van der Waals surface area contributed by atoms with E-state index in [-0.39, 0.29) is 43.3 Å². The van der Waals surface area contributed by atoms with Gasteiger partial charge in [-0.05, 0) is 25.3 Å². The number of fused-ring (bicyclic) bond motifs is 1. The predicted octanol–water partition coefficient (Wildman–Crippen LogP) is 2.68. The first kappa shape index (κ1) is 17.3. The highest BCUT2D eigenvalue weighted by molar-refractivity contribution is 5.86. The summed E-state index contributed by atoms with van der Waals surface area (Å²) in [6.07, 6.45) is -5.64. The maximum atomic E-state index is 12.6. The van der Waals surface area contributed by atoms with Gasteiger partial charge < -0.3 is 14.7 Å². The lowest BCUT2D eigenvalue weighted by molar-refractivity contribution is -0.207. The molecule has 3 heterocycles. The van der Waals surface area contributed by atoms with Crippen LogP contribution >= 0.6 is 0 Å². The number of rotatable bonds is 2. The number of H-pyrrole nitrogens is 1. The molecule has 0 atom stereocenters. The van der Waals surface area contributed by atoms with E-state index < -0.39 is 18.2 Å². The van der Waals surface area contributed by atoms with Gasteiger partial charge in [0, 0.05) is 19.2 Å². The zero-order chi connectivity index (χ0) is 18.2. The smallest absolute Gasteiger partial charge is 0.493 e. The molecule has 0 unspecified atom stereocenters. The standard InChI is InChI=1S/C14H15F3N4O4/c1-7-6-9(22)18-11-10(7)12(20-19-11)24-13(23)25-21-4-2-8(3-5-21)14(15,16)17/h6,8H,2-5H2,1H3,(H2,18,19,20,22). The average Bonchev–Trinajstić information content (AvgIpc) is 2.89. The molecule has 2 N–H and O–H groups in total. The molecule has 0 aliphatic carbocycles. The molecule has 1 saturated heterocycles. The SMILES string of the molecule is Cc1cc(O)nc2[nH]nc(OC(=O)ON3CCC(C(F)(F)F)CC3)c12. The van der Waals surface area contributed by atoms with Crippen LogP contribution in [0.4, 0.5) is 18.0 Å². The van der Waals surface area contributed by atoms with Crippen molar-refractivity contribution in [1.29, 1.82) is 0 Å². The van der Waals surface area contributed by atoms with E-state index in [2.05, 4.69) is 15.2 Å². The number of alkyl halides is 3. The van der Waals surface area contributed by atoms with Gasteiger partial charge in [-0.15, -0.1) is 10.2 Å². The van der Waals surface area contributed by atoms with Crippen molar-refractivity contribution in [2.24, 2.45) is 5.92 Å². The summed E-state index contributed by atoms with van der Waals surface area (Å²) in [5.41, 5.74) is 0.802. The summed E-state index contributed by atoms with van der Waals surface area (Å²) in [6, 6.07) is 1.37. The number of nitrogens with zero attached hydrogens (tertiary/aromatic N) is 3. The van der Waals surface area contributed by atoms with E-state index in [1.807, 2.05) is 0 Å². The number of carbonyl (C=O) groups excluding carboxylic acids is 1. The van der Waals surface area contributed by atoms with Gasteiger partial charge in [0.2, 0.25) is 5.88 Å². The number of aromatic hydroxyl groups is 1. The summed E-state index contributed by atoms with van der Waals surface area (Å²) in [6.45, 7) is 1.60. The number of aromatic amines is 1. The maximum absolute atomic E-state index is 12.6. The van der Waals surface area contributed by atoms with Crippen molar-refractivity contribution < 1.29 is 32.6 Å². The Hall–Kier alpha value is -2.56. The maximum Gasteiger partial charge on any atom is 0.534 e. The minimum absolute atomic E-state index is 0.0327. The Morgan fingerprint density at radius 1 is 1.40 bits per heavy atom. The predicted molar refractivity (Wildman–Crippen MR) is 77.8 cm³/mol. The summed E-state index contributed by atoms with van der Waals surface area (Å²) in [7, 11) is 0. The molecular formula is C14H15F3N4O4. The van der Waals surface area contributed by atoms with Crippen molar-refractivity contribution in [1.82, 2.24) is 20.2 Å². The van der Waals surface area contributed by atoms with Gasteiger partial charge in [0.1, 0.15) is 0 Å². The quantitative estimate of drug-likeness (QED) is 0.794. The molecule has 0 bridgehead atoms. The van der Waals surface area contributed by atoms with Crippen LogP contribution in [0.25, 0.3) is 11.0 Å². The van der Waals surface area contributed by atoms with Crippen LogP contribution in [0, 0.1) is 12.8 Å². The van der Waals surface area contributed by atoms with Crippen LogP contribution in [0.5, 0.6) is 11.8 Å². The lowest BCUT2D eigenvalue weighted by atomic mass is 9.97. The summed E-state index contributed by atoms with van der Waals surface area (Å²) in [5.74, 6) is -1.69. The van der Waals surface area contributed by atoms with Crippen LogP contribution in [-0.4, -0.2) is 50.8 Å². The number of nitrogens with one attached hydrogen (secondary N) is 1. The minimum Gasteiger partial charge on any atom is -0.493 e. The van der Waals surface area contributed by atoms with Crippen LogP contribution in [0.15, 0.2) is 6.07 Å². The van der Waals surface area contributed by atoms with Gasteiger partial charge in [0.05, 0.1) is 11.3 Å². The first-order chi connectivity index (χ1) is 11.7. The second-order valence-electron chi connectivity index (χ2n) is 5.74. The van der Waals surface area contributed by atoms with Gasteiger partial charge in [-0.3, -0.25) is 5.10 Å². The van der Waals surface area contributed by atoms with Gasteiger partial charge >= 0.3 is 12.3 Å². The fraction of sp³-hybridized carbons (Fsp3) is 0.500. The molecule has 1 aliphatic heterocycles. The molecule has 3 rings (SSSR count). The van der Waals surface area contributed by atoms with Gasteiger partial charge in [0.25, 0.3) is 5.88 Å². The van der Waals surface area contributed by atoms with Gasteiger partial charge in [-0.2, -0.15) is 18.2 Å². The first-order valence-electron chi connectivity index (χ1n) is 7.50. The van der Waals surface area contributed by atoms with Crippen molar-refractivity contribution in [2.45, 2.75) is 25.9 Å². The molecule has 1 fully saturated rings. The molecule has 11 heteroatoms. The molecule has 2 aromatic heterocycles. The number of ether oxygens (including phenoxy) is 1. The molecule has 1 aliphatic rings. The number of halogens is 3. The van der Waals surface area contributed by atoms with Crippen molar-refractivity contribution >= 4 is 17.2 Å². The number of aromatic nitrogens is 3. The average molecular weight is 360 g/mol. The lowest BCUT2D eigenvalue weighted by Gasteiger charge is -2.30. The monoisotopic (exact) mass is 360 g/mol. The van der Waals surface area contributed by atoms with E-state index in [1.165, 1.54) is 6.07 Å². The molecule has 0 aromatic carbocycles. The number of carbonyl (C=O) groups is 1. The number of hydrogen-bond acceptors (Lipinski definition) is 7. The van der Waals surface area contributed by atoms with Crippen molar-refractivity contribution in [3.8, 4) is 11.8 Å². The second kappa shape index (κ2) is 6.39. The lowest BCUT2D eigenvalue weighted by Crippen LogP contribution is -2.40. The minimum atomic E-state index is -4.24. The Balaban J connectivity index is 1.61. The van der Waals surface area contributed by atoms with E-state index in [9.17, 15) is 23.1 Å². The Kier molecular flexibility index (Phi) is 4.41. The molecular weight excluding hydrogens is 345 g/mol. The van der Waals surface area contributed by atoms with E-state index >= 15 is 0 Å². The van der Waals surface area contributed by atoms with Crippen LogP contribution in [-0.2, 0) is 4.84 Å². The van der Waals surface area contributed by atoms with Crippen molar-refractivity contribution in [3.63, 3.8) is 0 Å². The molecule has 0 amide bonds. The van der Waals surface area contributed by atoms with E-state index in [4.69, 9.17) is 9.57 Å². The summed E-state index contributed by atoms with van der Waals surface area (Å²) in [5, 5.41) is 17.2. The Morgan fingerprint density at radius 2 is 2.08 bits per heavy atom. The van der Waals surface area contributed by atoms with E-state index in [0.29, 0.717) is 10.9 Å². The zero-order valence-electron chi connectivity index (χ0n) is 13.1. The topological polar surface area (TPSA) is 101 Å². The zero-order valence-corrected chi connectivity index (χ0v) is 13.1. The third-order valence-electron chi connectivity index (χ3n) is 3.98. The third-order valence-corrected chi connectivity index (χ3v) is 3.98. The van der Waals surface area contributed by atoms with Gasteiger partial charge in [0.15, 0.2) is 5.65 Å². The first-order valence-corrected chi connectivity index (χ1v) is 7.50. The molecule has 25 heavy (non-hydrogen) atoms. The molecule has 8 nitrogen and oxygen atoms in total. The number of pyridine rings is 1. The summed E-state index contributed by atoms with van der Waals surface area (Å²) >= 11 is 0. The Morgan fingerprint density at radius 3 is 2.72 bits per heavy atom. The van der Waals surface area contributed by atoms with Crippen LogP contribution in [0.1, 0.15) is 18.4 Å². The van der Waals surface area contributed by atoms with Crippen molar-refractivity contribution in [2.75, 3.05) is 13.1 Å². The fourth-order valence-corrected chi connectivity index (χ4v) is 2.72. The highest BCUT2D eigenvalue weighted by Crippen LogP contribution is 2.34. The second-order valence-corrected chi connectivity index (χ2v) is 5.74. The third kappa shape index (κ3) is 3.76. The number of hydrogen-bond donors (Lipinski definition) is 2. The number of piperidine rings is 1. The highest BCUT2D eigenvalue weighted by atomic mass is 19.4. The Labute approximate surface area is 139 Å². The highest BCUT2D eigenvalue weighted by Gasteiger charge is 2.41. The Bertz CT molecular complexity index is 784. The molecule has 0 radical (unpaired) electrons. The molecule has 136 valence electrons. The van der Waals surface area contributed by atoms with Gasteiger partial charge in [-0.25, -0.2) is 4.79 Å². The van der Waals surface area contributed by atoms with Gasteiger partial charge in [-0.1, -0.05) is 0 Å². The summed E-state index contributed by atoms with van der Waals surface area (Å²) < 4.78 is 42.8. The fourth-order valence-electron chi connectivity index (χ4n) is 2.72. The number of hydroxylamine groups is 2. The molecule has 2 aromatic rings. The number of aryl methyl sites for hydroxylation is 1. The van der Waals surface area contributed by atoms with E-state index in [0.717, 1.165) is 5.06 Å². The molecule has 0 saturated carbocycles. The van der Waals surface area contributed by atoms with E-state index in [1.54, 1.807) is 6.92 Å². The van der Waals surface area contributed by atoms with Crippen LogP contribution < -0.4 is 4.74 Å². The normalized spacial score (nSPS) is 17.0. The van der Waals surface area contributed by atoms with Crippen molar-refractivity contribution in [3.05, 3.63) is 11.6 Å². The van der Waals surface area contributed by atoms with Crippen LogP contribution in [0.3, 0.4) is 0 Å².